The average molecular weight is 357 g/mol. The highest BCUT2D eigenvalue weighted by Gasteiger charge is 2.16. The lowest BCUT2D eigenvalue weighted by atomic mass is 10.2. The molecule has 6 heteroatoms. The van der Waals surface area contributed by atoms with E-state index >= 15 is 0 Å². The van der Waals surface area contributed by atoms with Crippen LogP contribution < -0.4 is 0 Å². The second-order valence-corrected chi connectivity index (χ2v) is 7.13. The fourth-order valence-electron chi connectivity index (χ4n) is 2.84. The molecule has 0 N–H and O–H groups in total. The molecular weight excluding hydrogens is 337 g/mol. The number of aryl methyl sites for hydroxylation is 1. The molecule has 2 heterocycles. The molecule has 0 unspecified atom stereocenters. The van der Waals surface area contributed by atoms with E-state index in [2.05, 4.69) is 4.98 Å². The number of halogens is 1. The summed E-state index contributed by atoms with van der Waals surface area (Å²) in [5.74, 6) is -0.226. The van der Waals surface area contributed by atoms with Crippen molar-refractivity contribution in [3.63, 3.8) is 0 Å². The number of hydrogen-bond acceptors (Lipinski definition) is 3. The zero-order chi connectivity index (χ0) is 18.1. The fourth-order valence-corrected chi connectivity index (χ4v) is 3.62. The van der Waals surface area contributed by atoms with Crippen LogP contribution in [0.25, 0.3) is 16.9 Å². The van der Waals surface area contributed by atoms with Crippen molar-refractivity contribution in [1.29, 1.82) is 0 Å². The molecule has 2 aromatic heterocycles. The van der Waals surface area contributed by atoms with Gasteiger partial charge in [0, 0.05) is 42.1 Å². The van der Waals surface area contributed by atoms with Gasteiger partial charge in [0.2, 0.25) is 5.91 Å². The third-order valence-electron chi connectivity index (χ3n) is 4.13. The molecule has 0 saturated heterocycles. The maximum Gasteiger partial charge on any atom is 0.228 e. The summed E-state index contributed by atoms with van der Waals surface area (Å²) in [6.45, 7) is 3.99. The van der Waals surface area contributed by atoms with Crippen LogP contribution in [0.15, 0.2) is 35.7 Å². The van der Waals surface area contributed by atoms with Crippen LogP contribution in [0.2, 0.25) is 0 Å². The Kier molecular flexibility index (Phi) is 4.72. The Bertz CT molecular complexity index is 927. The maximum absolute atomic E-state index is 13.6. The van der Waals surface area contributed by atoms with Crippen molar-refractivity contribution in [3.8, 4) is 16.9 Å². The first-order valence-electron chi connectivity index (χ1n) is 7.96. The average Bonchev–Trinajstić information content (AvgIpc) is 3.11. The predicted octanol–water partition coefficient (Wildman–Crippen LogP) is 3.99. The highest BCUT2D eigenvalue weighted by molar-refractivity contribution is 7.10. The van der Waals surface area contributed by atoms with Crippen molar-refractivity contribution < 1.29 is 9.18 Å². The van der Waals surface area contributed by atoms with Crippen molar-refractivity contribution >= 4 is 17.2 Å². The number of nitrogens with zero attached hydrogens (tertiary/aromatic N) is 3. The predicted molar refractivity (Wildman–Crippen MR) is 98.7 cm³/mol. The SMILES string of the molecule is Cc1cc(-c2csc(CC(=O)N(C)C)n2)c(C)n1-c1cccc(F)c1. The number of aromatic nitrogens is 2. The number of rotatable bonds is 4. The molecule has 3 rings (SSSR count). The van der Waals surface area contributed by atoms with Gasteiger partial charge in [-0.25, -0.2) is 9.37 Å². The molecule has 0 aliphatic heterocycles. The molecule has 0 atom stereocenters. The monoisotopic (exact) mass is 357 g/mol. The van der Waals surface area contributed by atoms with Crippen LogP contribution in [0.1, 0.15) is 16.4 Å². The molecule has 3 aromatic rings. The molecule has 130 valence electrons. The molecule has 0 aliphatic carbocycles. The van der Waals surface area contributed by atoms with Gasteiger partial charge in [-0.1, -0.05) is 6.07 Å². The van der Waals surface area contributed by atoms with Crippen LogP contribution in [-0.2, 0) is 11.2 Å². The van der Waals surface area contributed by atoms with Crippen LogP contribution in [-0.4, -0.2) is 34.5 Å². The highest BCUT2D eigenvalue weighted by atomic mass is 32.1. The first kappa shape index (κ1) is 17.4. The molecule has 25 heavy (non-hydrogen) atoms. The summed E-state index contributed by atoms with van der Waals surface area (Å²) in [4.78, 5) is 18.0. The minimum Gasteiger partial charge on any atom is -0.348 e. The van der Waals surface area contributed by atoms with Crippen molar-refractivity contribution in [2.24, 2.45) is 0 Å². The summed E-state index contributed by atoms with van der Waals surface area (Å²) in [6.07, 6.45) is 0.306. The van der Waals surface area contributed by atoms with E-state index in [9.17, 15) is 9.18 Å². The van der Waals surface area contributed by atoms with E-state index in [-0.39, 0.29) is 11.7 Å². The maximum atomic E-state index is 13.6. The van der Waals surface area contributed by atoms with Gasteiger partial charge in [0.1, 0.15) is 10.8 Å². The fraction of sp³-hybridized carbons (Fsp3) is 0.263. The van der Waals surface area contributed by atoms with Crippen molar-refractivity contribution in [3.05, 3.63) is 57.9 Å². The molecular formula is C19H20FN3OS. The minimum absolute atomic E-state index is 0.0335. The highest BCUT2D eigenvalue weighted by Crippen LogP contribution is 2.30. The van der Waals surface area contributed by atoms with Gasteiger partial charge < -0.3 is 9.47 Å². The van der Waals surface area contributed by atoms with E-state index < -0.39 is 0 Å². The third-order valence-corrected chi connectivity index (χ3v) is 4.98. The lowest BCUT2D eigenvalue weighted by Gasteiger charge is -2.09. The Hall–Kier alpha value is -2.47. The molecule has 0 spiro atoms. The number of amides is 1. The lowest BCUT2D eigenvalue weighted by Crippen LogP contribution is -2.23. The van der Waals surface area contributed by atoms with Crippen molar-refractivity contribution in [2.45, 2.75) is 20.3 Å². The van der Waals surface area contributed by atoms with E-state index in [4.69, 9.17) is 0 Å². The van der Waals surface area contributed by atoms with E-state index in [1.807, 2.05) is 35.9 Å². The van der Waals surface area contributed by atoms with E-state index in [0.29, 0.717) is 6.42 Å². The number of carbonyl (C=O) groups is 1. The molecule has 0 radical (unpaired) electrons. The zero-order valence-corrected chi connectivity index (χ0v) is 15.5. The third kappa shape index (κ3) is 3.49. The van der Waals surface area contributed by atoms with Gasteiger partial charge in [0.25, 0.3) is 0 Å². The Labute approximate surface area is 150 Å². The van der Waals surface area contributed by atoms with Gasteiger partial charge in [-0.3, -0.25) is 4.79 Å². The molecule has 0 bridgehead atoms. The van der Waals surface area contributed by atoms with Crippen molar-refractivity contribution in [1.82, 2.24) is 14.5 Å². The Balaban J connectivity index is 1.96. The normalized spacial score (nSPS) is 10.9. The number of benzene rings is 1. The summed E-state index contributed by atoms with van der Waals surface area (Å²) >= 11 is 1.48. The number of likely N-dealkylation sites (N-methyl/N-ethyl adjacent to an activating group) is 1. The van der Waals surface area contributed by atoms with Crippen molar-refractivity contribution in [2.75, 3.05) is 14.1 Å². The number of carbonyl (C=O) groups excluding carboxylic acids is 1. The summed E-state index contributed by atoms with van der Waals surface area (Å²) in [5, 5.41) is 2.76. The van der Waals surface area contributed by atoms with E-state index in [0.717, 1.165) is 33.3 Å². The zero-order valence-electron chi connectivity index (χ0n) is 14.7. The Morgan fingerprint density at radius 1 is 1.28 bits per heavy atom. The molecule has 0 aliphatic rings. The summed E-state index contributed by atoms with van der Waals surface area (Å²) < 4.78 is 15.6. The van der Waals surface area contributed by atoms with Crippen LogP contribution in [0, 0.1) is 19.7 Å². The summed E-state index contributed by atoms with van der Waals surface area (Å²) in [6, 6.07) is 8.60. The molecule has 1 aromatic carbocycles. The van der Waals surface area contributed by atoms with Crippen LogP contribution in [0.4, 0.5) is 4.39 Å². The Morgan fingerprint density at radius 3 is 2.72 bits per heavy atom. The van der Waals surface area contributed by atoms with E-state index in [1.165, 1.54) is 23.5 Å². The topological polar surface area (TPSA) is 38.1 Å². The molecule has 4 nitrogen and oxygen atoms in total. The van der Waals surface area contributed by atoms with Gasteiger partial charge in [-0.2, -0.15) is 0 Å². The second kappa shape index (κ2) is 6.80. The van der Waals surface area contributed by atoms with E-state index in [1.54, 1.807) is 25.1 Å². The number of thiazole rings is 1. The smallest absolute Gasteiger partial charge is 0.228 e. The van der Waals surface area contributed by atoms with Gasteiger partial charge in [0.15, 0.2) is 0 Å². The molecule has 0 saturated carbocycles. The van der Waals surface area contributed by atoms with Gasteiger partial charge in [0.05, 0.1) is 12.1 Å². The first-order valence-corrected chi connectivity index (χ1v) is 8.84. The first-order chi connectivity index (χ1) is 11.9. The molecule has 0 fully saturated rings. The van der Waals surface area contributed by atoms with Gasteiger partial charge in [-0.05, 0) is 38.1 Å². The van der Waals surface area contributed by atoms with Crippen LogP contribution >= 0.6 is 11.3 Å². The van der Waals surface area contributed by atoms with Gasteiger partial charge >= 0.3 is 0 Å². The van der Waals surface area contributed by atoms with Crippen LogP contribution in [0.5, 0.6) is 0 Å². The largest absolute Gasteiger partial charge is 0.348 e. The van der Waals surface area contributed by atoms with Crippen LogP contribution in [0.3, 0.4) is 0 Å². The second-order valence-electron chi connectivity index (χ2n) is 6.19. The summed E-state index contributed by atoms with van der Waals surface area (Å²) in [5.41, 5.74) is 4.65. The number of hydrogen-bond donors (Lipinski definition) is 0. The summed E-state index contributed by atoms with van der Waals surface area (Å²) in [7, 11) is 3.48. The lowest BCUT2D eigenvalue weighted by molar-refractivity contribution is -0.127. The van der Waals surface area contributed by atoms with Gasteiger partial charge in [-0.15, -0.1) is 11.3 Å². The minimum atomic E-state index is -0.260. The Morgan fingerprint density at radius 2 is 2.04 bits per heavy atom. The quantitative estimate of drug-likeness (QED) is 0.708. The molecule has 1 amide bonds. The standard InChI is InChI=1S/C19H20FN3OS/c1-12-8-16(13(2)23(12)15-7-5-6-14(20)9-15)17-11-25-18(21-17)10-19(24)22(3)4/h5-9,11H,10H2,1-4H3.